The summed E-state index contributed by atoms with van der Waals surface area (Å²) >= 11 is 0. The van der Waals surface area contributed by atoms with Crippen molar-refractivity contribution in [1.29, 1.82) is 0 Å². The molecule has 0 saturated carbocycles. The van der Waals surface area contributed by atoms with Crippen molar-refractivity contribution in [3.05, 3.63) is 0 Å². The summed E-state index contributed by atoms with van der Waals surface area (Å²) < 4.78 is 4.43. The van der Waals surface area contributed by atoms with Crippen LogP contribution in [0.25, 0.3) is 0 Å². The zero-order chi connectivity index (χ0) is 5.86. The van der Waals surface area contributed by atoms with E-state index in [0.717, 1.165) is 0 Å². The van der Waals surface area contributed by atoms with Crippen LogP contribution in [0.1, 0.15) is 0 Å². The van der Waals surface area contributed by atoms with Gasteiger partial charge in [0, 0.05) is 0 Å². The molecular formula is C4H10O2Si. The average Bonchev–Trinajstić information content (AvgIpc) is 1.65. The molecule has 0 aromatic rings. The first kappa shape index (κ1) is 6.69. The summed E-state index contributed by atoms with van der Waals surface area (Å²) in [5.41, 5.74) is -0.0139. The molecule has 0 saturated heterocycles. The van der Waals surface area contributed by atoms with Gasteiger partial charge in [-0.1, -0.05) is 13.1 Å². The van der Waals surface area contributed by atoms with Gasteiger partial charge in [-0.25, -0.2) is 0 Å². The van der Waals surface area contributed by atoms with Crippen LogP contribution in [-0.2, 0) is 4.74 Å². The van der Waals surface area contributed by atoms with Crippen LogP contribution in [0.3, 0.4) is 0 Å². The lowest BCUT2D eigenvalue weighted by molar-refractivity contribution is 0.197. The molecule has 3 heteroatoms. The molecule has 0 heterocycles. The molecule has 0 aliphatic carbocycles. The minimum atomic E-state index is -1.13. The summed E-state index contributed by atoms with van der Waals surface area (Å²) in [6, 6.07) is 0. The van der Waals surface area contributed by atoms with Crippen LogP contribution in [0.15, 0.2) is 0 Å². The van der Waals surface area contributed by atoms with Gasteiger partial charge in [-0.15, -0.1) is 0 Å². The fourth-order valence-electron chi connectivity index (χ4n) is 0.236. The van der Waals surface area contributed by atoms with E-state index in [-0.39, 0.29) is 5.59 Å². The Hall–Kier alpha value is -0.313. The molecule has 0 N–H and O–H groups in total. The average molecular weight is 118 g/mol. The molecule has 2 nitrogen and oxygen atoms in total. The number of rotatable bonds is 1. The quantitative estimate of drug-likeness (QED) is 0.476. The molecular weight excluding hydrogens is 108 g/mol. The van der Waals surface area contributed by atoms with Crippen molar-refractivity contribution in [2.24, 2.45) is 0 Å². The third-order valence-corrected chi connectivity index (χ3v) is 1.85. The summed E-state index contributed by atoms with van der Waals surface area (Å²) in [6.07, 6.45) is 0. The van der Waals surface area contributed by atoms with Crippen LogP contribution in [0.4, 0.5) is 4.79 Å². The number of hydrogen-bond acceptors (Lipinski definition) is 2. The molecule has 0 atom stereocenters. The molecule has 0 aromatic heterocycles. The Kier molecular flexibility index (Phi) is 2.67. The third kappa shape index (κ3) is 2.39. The Balaban J connectivity index is 3.35. The van der Waals surface area contributed by atoms with Crippen LogP contribution in [0.2, 0.25) is 13.1 Å². The van der Waals surface area contributed by atoms with Crippen LogP contribution >= 0.6 is 0 Å². The number of hydrogen-bond donors (Lipinski definition) is 0. The standard InChI is InChI=1S/C4H10O2Si/c1-6-4(5)7(2)3/h7H,1-3H3. The maximum absolute atomic E-state index is 10.4. The van der Waals surface area contributed by atoms with Gasteiger partial charge in [-0.3, -0.25) is 4.79 Å². The van der Waals surface area contributed by atoms with Gasteiger partial charge in [0.15, 0.2) is 8.80 Å². The van der Waals surface area contributed by atoms with Gasteiger partial charge in [0.05, 0.1) is 7.11 Å². The first-order valence-electron chi connectivity index (χ1n) is 2.26. The van der Waals surface area contributed by atoms with E-state index >= 15 is 0 Å². The molecule has 42 valence electrons. The molecule has 0 rings (SSSR count). The fraction of sp³-hybridized carbons (Fsp3) is 0.750. The van der Waals surface area contributed by atoms with Crippen molar-refractivity contribution >= 4 is 14.4 Å². The molecule has 7 heavy (non-hydrogen) atoms. The van der Waals surface area contributed by atoms with Gasteiger partial charge in [-0.05, 0) is 0 Å². The molecule has 0 aliphatic heterocycles. The van der Waals surface area contributed by atoms with Gasteiger partial charge in [0.2, 0.25) is 0 Å². The van der Waals surface area contributed by atoms with E-state index in [1.807, 2.05) is 13.1 Å². The Bertz CT molecular complexity index is 70.1. The highest BCUT2D eigenvalue weighted by Gasteiger charge is 2.05. The zero-order valence-corrected chi connectivity index (χ0v) is 6.05. The molecule has 0 unspecified atom stereocenters. The van der Waals surface area contributed by atoms with Crippen LogP contribution in [0.5, 0.6) is 0 Å². The van der Waals surface area contributed by atoms with Crippen molar-refractivity contribution in [3.8, 4) is 0 Å². The molecule has 0 aromatic carbocycles. The van der Waals surface area contributed by atoms with Gasteiger partial charge in [0.25, 0.3) is 5.59 Å². The molecule has 0 aliphatic rings. The van der Waals surface area contributed by atoms with Crippen molar-refractivity contribution in [1.82, 2.24) is 0 Å². The van der Waals surface area contributed by atoms with E-state index in [1.54, 1.807) is 0 Å². The number of carbonyl (C=O) groups is 1. The van der Waals surface area contributed by atoms with E-state index in [0.29, 0.717) is 0 Å². The van der Waals surface area contributed by atoms with Crippen molar-refractivity contribution in [3.63, 3.8) is 0 Å². The Morgan fingerprint density at radius 2 is 2.00 bits per heavy atom. The Morgan fingerprint density at radius 1 is 1.57 bits per heavy atom. The van der Waals surface area contributed by atoms with Crippen LogP contribution < -0.4 is 0 Å². The van der Waals surface area contributed by atoms with E-state index < -0.39 is 8.80 Å². The van der Waals surface area contributed by atoms with Gasteiger partial charge >= 0.3 is 0 Å². The predicted octanol–water partition coefficient (Wildman–Crippen LogP) is 0.821. The van der Waals surface area contributed by atoms with E-state index in [1.165, 1.54) is 7.11 Å². The third-order valence-electron chi connectivity index (χ3n) is 0.673. The van der Waals surface area contributed by atoms with Crippen molar-refractivity contribution in [2.75, 3.05) is 7.11 Å². The van der Waals surface area contributed by atoms with E-state index in [4.69, 9.17) is 0 Å². The Morgan fingerprint density at radius 3 is 2.00 bits per heavy atom. The summed E-state index contributed by atoms with van der Waals surface area (Å²) in [5.74, 6) is 0. The first-order valence-corrected chi connectivity index (χ1v) is 5.15. The highest BCUT2D eigenvalue weighted by molar-refractivity contribution is 6.86. The zero-order valence-electron chi connectivity index (χ0n) is 4.89. The van der Waals surface area contributed by atoms with Crippen molar-refractivity contribution in [2.45, 2.75) is 13.1 Å². The first-order chi connectivity index (χ1) is 3.18. The molecule has 0 fully saturated rings. The van der Waals surface area contributed by atoms with Gasteiger partial charge < -0.3 is 4.74 Å². The maximum Gasteiger partial charge on any atom is 0.267 e. The van der Waals surface area contributed by atoms with E-state index in [2.05, 4.69) is 4.74 Å². The number of ether oxygens (including phenoxy) is 1. The highest BCUT2D eigenvalue weighted by Crippen LogP contribution is 1.83. The second-order valence-corrected chi connectivity index (χ2v) is 4.46. The smallest absolute Gasteiger partial charge is 0.267 e. The minimum Gasteiger partial charge on any atom is -0.474 e. The fourth-order valence-corrected chi connectivity index (χ4v) is 0.707. The maximum atomic E-state index is 10.4. The second-order valence-electron chi connectivity index (χ2n) is 1.68. The second kappa shape index (κ2) is 2.79. The summed E-state index contributed by atoms with van der Waals surface area (Å²) in [5, 5.41) is 0. The lowest BCUT2D eigenvalue weighted by atomic mass is 11.5. The predicted molar refractivity (Wildman–Crippen MR) is 31.3 cm³/mol. The largest absolute Gasteiger partial charge is 0.474 e. The normalized spacial score (nSPS) is 9.14. The number of carbonyl (C=O) groups excluding carboxylic acids is 1. The molecule has 0 spiro atoms. The highest BCUT2D eigenvalue weighted by atomic mass is 28.3. The topological polar surface area (TPSA) is 26.3 Å². The minimum absolute atomic E-state index is 0.0139. The lowest BCUT2D eigenvalue weighted by Gasteiger charge is -1.96. The monoisotopic (exact) mass is 118 g/mol. The lowest BCUT2D eigenvalue weighted by Crippen LogP contribution is -2.16. The van der Waals surface area contributed by atoms with Crippen LogP contribution in [-0.4, -0.2) is 21.5 Å². The summed E-state index contributed by atoms with van der Waals surface area (Å²) in [4.78, 5) is 10.4. The molecule has 0 amide bonds. The molecule has 0 radical (unpaired) electrons. The van der Waals surface area contributed by atoms with Crippen LogP contribution in [0, 0.1) is 0 Å². The van der Waals surface area contributed by atoms with Crippen molar-refractivity contribution < 1.29 is 9.53 Å². The summed E-state index contributed by atoms with van der Waals surface area (Å²) in [6.45, 7) is 3.87. The SMILES string of the molecule is COC(=O)[SiH](C)C. The Labute approximate surface area is 45.1 Å². The van der Waals surface area contributed by atoms with Gasteiger partial charge in [-0.2, -0.15) is 0 Å². The molecule has 0 bridgehead atoms. The summed E-state index contributed by atoms with van der Waals surface area (Å²) in [7, 11) is 0.300. The number of methoxy groups -OCH3 is 1. The van der Waals surface area contributed by atoms with Gasteiger partial charge in [0.1, 0.15) is 0 Å². The van der Waals surface area contributed by atoms with E-state index in [9.17, 15) is 4.79 Å².